The van der Waals surface area contributed by atoms with Crippen LogP contribution in [0.3, 0.4) is 0 Å². The molecule has 0 radical (unpaired) electrons. The number of aromatic nitrogens is 2. The summed E-state index contributed by atoms with van der Waals surface area (Å²) in [6.45, 7) is 4.05. The Bertz CT molecular complexity index is 650. The molecule has 0 spiro atoms. The lowest BCUT2D eigenvalue weighted by atomic mass is 10.1. The van der Waals surface area contributed by atoms with Crippen LogP contribution in [0.4, 0.5) is 0 Å². The molecule has 100 valence electrons. The van der Waals surface area contributed by atoms with Crippen molar-refractivity contribution in [2.75, 3.05) is 0 Å². The molecule has 1 aromatic heterocycles. The van der Waals surface area contributed by atoms with Gasteiger partial charge in [-0.1, -0.05) is 41.9 Å². The fraction of sp³-hybridized carbons (Fsp3) is 0.286. The van der Waals surface area contributed by atoms with E-state index < -0.39 is 0 Å². The second-order valence-corrected chi connectivity index (χ2v) is 6.38. The average molecular weight is 386 g/mol. The van der Waals surface area contributed by atoms with E-state index in [9.17, 15) is 4.79 Å². The van der Waals surface area contributed by atoms with E-state index >= 15 is 0 Å². The second kappa shape index (κ2) is 6.01. The summed E-state index contributed by atoms with van der Waals surface area (Å²) in [5.74, 6) is 0.896. The minimum absolute atomic E-state index is 0.122. The monoisotopic (exact) mass is 384 g/mol. The Balaban J connectivity index is 2.39. The van der Waals surface area contributed by atoms with Crippen LogP contribution in [-0.4, -0.2) is 9.97 Å². The van der Waals surface area contributed by atoms with Gasteiger partial charge in [0.25, 0.3) is 5.56 Å². The maximum absolute atomic E-state index is 11.9. The molecular formula is C14H14Br2N2O. The first-order valence-electron chi connectivity index (χ1n) is 6.00. The highest BCUT2D eigenvalue weighted by Crippen LogP contribution is 2.20. The predicted octanol–water partition coefficient (Wildman–Crippen LogP) is 4.01. The van der Waals surface area contributed by atoms with E-state index in [0.29, 0.717) is 16.7 Å². The van der Waals surface area contributed by atoms with Crippen molar-refractivity contribution in [3.05, 3.63) is 60.6 Å². The molecule has 1 N–H and O–H groups in total. The smallest absolute Gasteiger partial charge is 0.265 e. The van der Waals surface area contributed by atoms with Crippen LogP contribution in [0.25, 0.3) is 0 Å². The third-order valence-corrected chi connectivity index (χ3v) is 4.00. The van der Waals surface area contributed by atoms with Gasteiger partial charge < -0.3 is 4.98 Å². The number of aromatic amines is 1. The minimum atomic E-state index is -0.122. The standard InChI is InChI=1S/C14H14Br2N2O/c1-8(2)13-12(16)14(19)18-11(17-13)7-9-4-3-5-10(15)6-9/h3-6,8H,7H2,1-2H3,(H,17,18,19). The summed E-state index contributed by atoms with van der Waals surface area (Å²) < 4.78 is 1.55. The molecule has 5 heteroatoms. The highest BCUT2D eigenvalue weighted by Gasteiger charge is 2.12. The van der Waals surface area contributed by atoms with Crippen molar-refractivity contribution in [3.63, 3.8) is 0 Å². The maximum atomic E-state index is 11.9. The summed E-state index contributed by atoms with van der Waals surface area (Å²) in [7, 11) is 0. The van der Waals surface area contributed by atoms with E-state index in [1.807, 2.05) is 38.1 Å². The molecule has 1 heterocycles. The zero-order chi connectivity index (χ0) is 14.0. The van der Waals surface area contributed by atoms with Crippen LogP contribution < -0.4 is 5.56 Å². The van der Waals surface area contributed by atoms with Crippen LogP contribution in [-0.2, 0) is 6.42 Å². The Hall–Kier alpha value is -0.940. The Labute approximate surface area is 128 Å². The van der Waals surface area contributed by atoms with Gasteiger partial charge in [0.2, 0.25) is 0 Å². The van der Waals surface area contributed by atoms with Gasteiger partial charge in [-0.2, -0.15) is 0 Å². The molecule has 0 fully saturated rings. The van der Waals surface area contributed by atoms with Gasteiger partial charge in [0.15, 0.2) is 0 Å². The number of nitrogens with zero attached hydrogens (tertiary/aromatic N) is 1. The zero-order valence-electron chi connectivity index (χ0n) is 10.7. The summed E-state index contributed by atoms with van der Waals surface area (Å²) in [6, 6.07) is 7.99. The third kappa shape index (κ3) is 3.54. The van der Waals surface area contributed by atoms with E-state index in [4.69, 9.17) is 0 Å². The molecule has 0 unspecified atom stereocenters. The van der Waals surface area contributed by atoms with Crippen molar-refractivity contribution in [3.8, 4) is 0 Å². The van der Waals surface area contributed by atoms with Crippen molar-refractivity contribution in [1.82, 2.24) is 9.97 Å². The molecule has 1 aromatic carbocycles. The van der Waals surface area contributed by atoms with E-state index in [1.54, 1.807) is 0 Å². The van der Waals surface area contributed by atoms with Gasteiger partial charge in [0, 0.05) is 10.9 Å². The lowest BCUT2D eigenvalue weighted by Crippen LogP contribution is -2.16. The van der Waals surface area contributed by atoms with Crippen molar-refractivity contribution < 1.29 is 0 Å². The van der Waals surface area contributed by atoms with Crippen LogP contribution in [0.2, 0.25) is 0 Å². The van der Waals surface area contributed by atoms with Gasteiger partial charge in [-0.3, -0.25) is 4.79 Å². The molecule has 0 saturated heterocycles. The molecule has 19 heavy (non-hydrogen) atoms. The first-order chi connectivity index (χ1) is 8.97. The predicted molar refractivity (Wildman–Crippen MR) is 83.6 cm³/mol. The number of H-pyrrole nitrogens is 1. The first-order valence-corrected chi connectivity index (χ1v) is 7.59. The molecule has 2 rings (SSSR count). The molecule has 0 atom stereocenters. The van der Waals surface area contributed by atoms with Gasteiger partial charge in [-0.05, 0) is 39.5 Å². The van der Waals surface area contributed by atoms with E-state index in [-0.39, 0.29) is 11.5 Å². The molecule has 0 bridgehead atoms. The Kier molecular flexibility index (Phi) is 4.58. The summed E-state index contributed by atoms with van der Waals surface area (Å²) >= 11 is 6.74. The zero-order valence-corrected chi connectivity index (χ0v) is 13.9. The quantitative estimate of drug-likeness (QED) is 0.867. The molecule has 0 amide bonds. The third-order valence-electron chi connectivity index (χ3n) is 2.74. The molecule has 2 aromatic rings. The van der Waals surface area contributed by atoms with Gasteiger partial charge in [-0.25, -0.2) is 4.98 Å². The topological polar surface area (TPSA) is 45.8 Å². The highest BCUT2D eigenvalue weighted by atomic mass is 79.9. The molecule has 0 aliphatic heterocycles. The lowest BCUT2D eigenvalue weighted by Gasteiger charge is -2.09. The van der Waals surface area contributed by atoms with Gasteiger partial charge >= 0.3 is 0 Å². The van der Waals surface area contributed by atoms with Crippen molar-refractivity contribution >= 4 is 31.9 Å². The summed E-state index contributed by atoms with van der Waals surface area (Å²) in [6.07, 6.45) is 0.613. The van der Waals surface area contributed by atoms with Crippen LogP contribution in [0.15, 0.2) is 38.0 Å². The number of hydrogen-bond acceptors (Lipinski definition) is 2. The fourth-order valence-electron chi connectivity index (χ4n) is 1.83. The summed E-state index contributed by atoms with van der Waals surface area (Å²) in [5.41, 5.74) is 1.78. The van der Waals surface area contributed by atoms with Crippen molar-refractivity contribution in [2.45, 2.75) is 26.2 Å². The second-order valence-electron chi connectivity index (χ2n) is 4.67. The number of rotatable bonds is 3. The molecule has 0 aliphatic rings. The van der Waals surface area contributed by atoms with Crippen molar-refractivity contribution in [1.29, 1.82) is 0 Å². The van der Waals surface area contributed by atoms with E-state index in [1.165, 1.54) is 0 Å². The number of halogens is 2. The first kappa shape index (κ1) is 14.5. The molecule has 0 saturated carbocycles. The average Bonchev–Trinajstić information content (AvgIpc) is 2.33. The van der Waals surface area contributed by atoms with E-state index in [2.05, 4.69) is 41.8 Å². The van der Waals surface area contributed by atoms with Crippen molar-refractivity contribution in [2.24, 2.45) is 0 Å². The lowest BCUT2D eigenvalue weighted by molar-refractivity contribution is 0.775. The normalized spacial score (nSPS) is 11.0. The van der Waals surface area contributed by atoms with E-state index in [0.717, 1.165) is 15.7 Å². The van der Waals surface area contributed by atoms with Crippen LogP contribution in [0, 0.1) is 0 Å². The fourth-order valence-corrected chi connectivity index (χ4v) is 2.92. The Morgan fingerprint density at radius 2 is 2.05 bits per heavy atom. The summed E-state index contributed by atoms with van der Waals surface area (Å²) in [4.78, 5) is 19.2. The molecule has 3 nitrogen and oxygen atoms in total. The van der Waals surface area contributed by atoms with Gasteiger partial charge in [0.05, 0.1) is 5.69 Å². The van der Waals surface area contributed by atoms with Gasteiger partial charge in [-0.15, -0.1) is 0 Å². The number of hydrogen-bond donors (Lipinski definition) is 1. The molecule has 0 aliphatic carbocycles. The Morgan fingerprint density at radius 1 is 1.32 bits per heavy atom. The molecular weight excluding hydrogens is 372 g/mol. The Morgan fingerprint density at radius 3 is 2.68 bits per heavy atom. The van der Waals surface area contributed by atoms with Crippen LogP contribution in [0.5, 0.6) is 0 Å². The van der Waals surface area contributed by atoms with Crippen LogP contribution >= 0.6 is 31.9 Å². The largest absolute Gasteiger partial charge is 0.309 e. The summed E-state index contributed by atoms with van der Waals surface area (Å²) in [5, 5.41) is 0. The SMILES string of the molecule is CC(C)c1nc(Cc2cccc(Br)c2)[nH]c(=O)c1Br. The number of nitrogens with one attached hydrogen (secondary N) is 1. The number of benzene rings is 1. The highest BCUT2D eigenvalue weighted by molar-refractivity contribution is 9.10. The maximum Gasteiger partial charge on any atom is 0.265 e. The van der Waals surface area contributed by atoms with Gasteiger partial charge in [0.1, 0.15) is 10.3 Å². The van der Waals surface area contributed by atoms with Crippen LogP contribution in [0.1, 0.15) is 36.8 Å². The minimum Gasteiger partial charge on any atom is -0.309 e.